The molecule has 1 aliphatic rings. The molecule has 9 heteroatoms. The van der Waals surface area contributed by atoms with Crippen molar-refractivity contribution in [2.45, 2.75) is 24.7 Å². The maximum Gasteiger partial charge on any atom is 0.271 e. The lowest BCUT2D eigenvalue weighted by atomic mass is 10.1. The fourth-order valence-corrected chi connectivity index (χ4v) is 4.76. The van der Waals surface area contributed by atoms with Gasteiger partial charge < -0.3 is 5.32 Å². The van der Waals surface area contributed by atoms with E-state index in [2.05, 4.69) is 5.32 Å². The van der Waals surface area contributed by atoms with Crippen LogP contribution in [-0.2, 0) is 10.0 Å². The highest BCUT2D eigenvalue weighted by Crippen LogP contribution is 2.25. The zero-order valence-corrected chi connectivity index (χ0v) is 15.5. The Hall–Kier alpha value is -2.78. The van der Waals surface area contributed by atoms with Crippen LogP contribution in [0.4, 0.5) is 11.4 Å². The second kappa shape index (κ2) is 7.45. The van der Waals surface area contributed by atoms with Gasteiger partial charge in [0.25, 0.3) is 11.6 Å². The first kappa shape index (κ1) is 19.0. The Labute approximate surface area is 157 Å². The van der Waals surface area contributed by atoms with E-state index in [0.717, 1.165) is 12.8 Å². The highest BCUT2D eigenvalue weighted by atomic mass is 32.2. The molecule has 3 rings (SSSR count). The summed E-state index contributed by atoms with van der Waals surface area (Å²) < 4.78 is 27.1. The fourth-order valence-electron chi connectivity index (χ4n) is 2.99. The number of hydrogen-bond donors (Lipinski definition) is 1. The van der Waals surface area contributed by atoms with Crippen molar-refractivity contribution >= 4 is 27.3 Å². The van der Waals surface area contributed by atoms with Crippen LogP contribution in [0.3, 0.4) is 0 Å². The molecule has 0 saturated carbocycles. The van der Waals surface area contributed by atoms with Crippen molar-refractivity contribution in [1.82, 2.24) is 4.31 Å². The fraction of sp³-hybridized carbons (Fsp3) is 0.278. The highest BCUT2D eigenvalue weighted by Gasteiger charge is 2.29. The van der Waals surface area contributed by atoms with E-state index < -0.39 is 20.9 Å². The number of benzene rings is 2. The molecule has 0 unspecified atom stereocenters. The molecule has 142 valence electrons. The molecule has 1 saturated heterocycles. The Bertz CT molecular complexity index is 998. The lowest BCUT2D eigenvalue weighted by Crippen LogP contribution is -2.28. The predicted octanol–water partition coefficient (Wildman–Crippen LogP) is 2.94. The van der Waals surface area contributed by atoms with Gasteiger partial charge in [-0.05, 0) is 43.5 Å². The molecule has 0 radical (unpaired) electrons. The lowest BCUT2D eigenvalue weighted by molar-refractivity contribution is -0.384. The topological polar surface area (TPSA) is 110 Å². The summed E-state index contributed by atoms with van der Waals surface area (Å²) in [5, 5.41) is 13.4. The maximum atomic E-state index is 12.8. The minimum absolute atomic E-state index is 0.107. The van der Waals surface area contributed by atoms with Crippen LogP contribution in [0.15, 0.2) is 47.4 Å². The molecule has 0 spiro atoms. The largest absolute Gasteiger partial charge is 0.322 e. The van der Waals surface area contributed by atoms with Crippen LogP contribution < -0.4 is 5.32 Å². The molecule has 2 aromatic carbocycles. The van der Waals surface area contributed by atoms with Crippen molar-refractivity contribution in [2.75, 3.05) is 18.4 Å². The zero-order valence-electron chi connectivity index (χ0n) is 14.7. The van der Waals surface area contributed by atoms with Crippen LogP contribution in [0.25, 0.3) is 0 Å². The Morgan fingerprint density at radius 1 is 1.15 bits per heavy atom. The van der Waals surface area contributed by atoms with E-state index in [1.165, 1.54) is 40.7 Å². The summed E-state index contributed by atoms with van der Waals surface area (Å²) in [7, 11) is -3.65. The minimum Gasteiger partial charge on any atom is -0.322 e. The first-order valence-electron chi connectivity index (χ1n) is 8.45. The van der Waals surface area contributed by atoms with Crippen molar-refractivity contribution in [3.05, 3.63) is 63.7 Å². The average molecular weight is 389 g/mol. The molecule has 0 bridgehead atoms. The number of nitrogens with one attached hydrogen (secondary N) is 1. The van der Waals surface area contributed by atoms with Crippen molar-refractivity contribution < 1.29 is 18.1 Å². The Morgan fingerprint density at radius 2 is 1.85 bits per heavy atom. The molecule has 0 aliphatic carbocycles. The predicted molar refractivity (Wildman–Crippen MR) is 100 cm³/mol. The van der Waals surface area contributed by atoms with Gasteiger partial charge >= 0.3 is 0 Å². The zero-order chi connectivity index (χ0) is 19.6. The van der Waals surface area contributed by atoms with Gasteiger partial charge in [-0.2, -0.15) is 4.31 Å². The Kier molecular flexibility index (Phi) is 5.24. The van der Waals surface area contributed by atoms with Gasteiger partial charge in [0.1, 0.15) is 0 Å². The number of carbonyl (C=O) groups is 1. The van der Waals surface area contributed by atoms with E-state index in [1.807, 2.05) is 0 Å². The summed E-state index contributed by atoms with van der Waals surface area (Å²) in [6.45, 7) is 2.64. The third-order valence-corrected chi connectivity index (χ3v) is 6.49. The maximum absolute atomic E-state index is 12.8. The van der Waals surface area contributed by atoms with Crippen molar-refractivity contribution in [2.24, 2.45) is 0 Å². The van der Waals surface area contributed by atoms with Crippen molar-refractivity contribution in [3.8, 4) is 0 Å². The number of nitro benzene ring substituents is 1. The number of nitrogens with zero attached hydrogens (tertiary/aromatic N) is 2. The van der Waals surface area contributed by atoms with Crippen LogP contribution in [0.1, 0.15) is 28.8 Å². The summed E-state index contributed by atoms with van der Waals surface area (Å²) in [5.74, 6) is -0.534. The summed E-state index contributed by atoms with van der Waals surface area (Å²) in [6.07, 6.45) is 1.65. The van der Waals surface area contributed by atoms with Crippen LogP contribution in [-0.4, -0.2) is 36.6 Å². The van der Waals surface area contributed by atoms with Crippen molar-refractivity contribution in [3.63, 3.8) is 0 Å². The Morgan fingerprint density at radius 3 is 2.52 bits per heavy atom. The van der Waals surface area contributed by atoms with Crippen molar-refractivity contribution in [1.29, 1.82) is 0 Å². The molecule has 8 nitrogen and oxygen atoms in total. The average Bonchev–Trinajstić information content (AvgIpc) is 3.17. The molecule has 0 atom stereocenters. The number of amides is 1. The van der Waals surface area contributed by atoms with E-state index in [-0.39, 0.29) is 21.8 Å². The summed E-state index contributed by atoms with van der Waals surface area (Å²) in [6, 6.07) is 10.0. The van der Waals surface area contributed by atoms with E-state index >= 15 is 0 Å². The summed E-state index contributed by atoms with van der Waals surface area (Å²) >= 11 is 0. The van der Waals surface area contributed by atoms with Crippen LogP contribution in [0.2, 0.25) is 0 Å². The smallest absolute Gasteiger partial charge is 0.271 e. The minimum atomic E-state index is -3.65. The number of hydrogen-bond acceptors (Lipinski definition) is 5. The quantitative estimate of drug-likeness (QED) is 0.624. The van der Waals surface area contributed by atoms with E-state index in [1.54, 1.807) is 13.0 Å². The third-order valence-electron chi connectivity index (χ3n) is 4.45. The molecule has 1 aliphatic heterocycles. The lowest BCUT2D eigenvalue weighted by Gasteiger charge is -2.17. The molecule has 27 heavy (non-hydrogen) atoms. The van der Waals surface area contributed by atoms with Crippen LogP contribution >= 0.6 is 0 Å². The standard InChI is InChI=1S/C18H19N3O5S/c1-13-7-8-14(11-17(13)27(25,26)20-9-2-3-10-20)18(22)19-15-5-4-6-16(12-15)21(23)24/h4-8,11-12H,2-3,9-10H2,1H3,(H,19,22). The summed E-state index contributed by atoms with van der Waals surface area (Å²) in [5.41, 5.74) is 0.853. The second-order valence-electron chi connectivity index (χ2n) is 6.35. The number of anilines is 1. The van der Waals surface area contributed by atoms with E-state index in [4.69, 9.17) is 0 Å². The van der Waals surface area contributed by atoms with Gasteiger partial charge in [-0.3, -0.25) is 14.9 Å². The monoisotopic (exact) mass is 389 g/mol. The summed E-state index contributed by atoms with van der Waals surface area (Å²) in [4.78, 5) is 22.9. The van der Waals surface area contributed by atoms with Gasteiger partial charge in [0.05, 0.1) is 9.82 Å². The molecule has 1 heterocycles. The van der Waals surface area contributed by atoms with Gasteiger partial charge in [0.15, 0.2) is 0 Å². The van der Waals surface area contributed by atoms with Gasteiger partial charge in [-0.15, -0.1) is 0 Å². The molecule has 1 N–H and O–H groups in total. The molecular weight excluding hydrogens is 370 g/mol. The number of nitro groups is 1. The number of aryl methyl sites for hydroxylation is 1. The first-order chi connectivity index (χ1) is 12.8. The number of carbonyl (C=O) groups excluding carboxylic acids is 1. The highest BCUT2D eigenvalue weighted by molar-refractivity contribution is 7.89. The normalized spacial score (nSPS) is 14.9. The molecular formula is C18H19N3O5S. The molecule has 0 aromatic heterocycles. The third kappa shape index (κ3) is 3.99. The molecule has 2 aromatic rings. The van der Waals surface area contributed by atoms with E-state index in [0.29, 0.717) is 18.7 Å². The van der Waals surface area contributed by atoms with Gasteiger partial charge in [0, 0.05) is 36.5 Å². The Balaban J connectivity index is 1.88. The second-order valence-corrected chi connectivity index (χ2v) is 8.26. The van der Waals surface area contributed by atoms with E-state index in [9.17, 15) is 23.3 Å². The molecule has 1 amide bonds. The number of non-ortho nitro benzene ring substituents is 1. The number of rotatable bonds is 5. The van der Waals surface area contributed by atoms with Crippen LogP contribution in [0.5, 0.6) is 0 Å². The SMILES string of the molecule is Cc1ccc(C(=O)Nc2cccc([N+](=O)[O-])c2)cc1S(=O)(=O)N1CCCC1. The molecule has 1 fully saturated rings. The number of sulfonamides is 1. The van der Waals surface area contributed by atoms with Crippen LogP contribution in [0, 0.1) is 17.0 Å². The van der Waals surface area contributed by atoms with Gasteiger partial charge in [0.2, 0.25) is 10.0 Å². The van der Waals surface area contributed by atoms with Gasteiger partial charge in [-0.1, -0.05) is 12.1 Å². The first-order valence-corrected chi connectivity index (χ1v) is 9.89. The van der Waals surface area contributed by atoms with Gasteiger partial charge in [-0.25, -0.2) is 8.42 Å².